The molecule has 8 heteroatoms. The molecule has 35 heavy (non-hydrogen) atoms. The van der Waals surface area contributed by atoms with Gasteiger partial charge < -0.3 is 24.2 Å². The lowest BCUT2D eigenvalue weighted by Crippen LogP contribution is -2.46. The molecular formula is C27H32N4O3S. The third kappa shape index (κ3) is 5.39. The molecule has 7 nitrogen and oxygen atoms in total. The van der Waals surface area contributed by atoms with E-state index in [1.54, 1.807) is 7.11 Å². The van der Waals surface area contributed by atoms with Crippen molar-refractivity contribution >= 4 is 22.9 Å². The van der Waals surface area contributed by atoms with Crippen LogP contribution in [0.2, 0.25) is 0 Å². The molecular weight excluding hydrogens is 460 g/mol. The zero-order valence-electron chi connectivity index (χ0n) is 20.9. The quantitative estimate of drug-likeness (QED) is 0.312. The predicted octanol–water partition coefficient (Wildman–Crippen LogP) is 5.45. The minimum atomic E-state index is -0.200. The molecule has 1 atom stereocenters. The highest BCUT2D eigenvalue weighted by Crippen LogP contribution is 2.38. The Labute approximate surface area is 212 Å². The molecule has 0 amide bonds. The molecule has 1 aliphatic heterocycles. The van der Waals surface area contributed by atoms with Crippen molar-refractivity contribution in [3.63, 3.8) is 0 Å². The maximum Gasteiger partial charge on any atom is 0.258 e. The average molecular weight is 493 g/mol. The van der Waals surface area contributed by atoms with Crippen LogP contribution in [0, 0.1) is 13.8 Å². The number of rotatable bonds is 9. The first-order valence-corrected chi connectivity index (χ1v) is 12.3. The number of nitrogens with one attached hydrogen (secondary N) is 1. The van der Waals surface area contributed by atoms with E-state index in [1.165, 1.54) is 11.1 Å². The van der Waals surface area contributed by atoms with Gasteiger partial charge in [-0.25, -0.2) is 0 Å². The molecule has 1 aromatic heterocycles. The molecule has 0 bridgehead atoms. The van der Waals surface area contributed by atoms with Crippen LogP contribution in [0.3, 0.4) is 0 Å². The third-order valence-electron chi connectivity index (χ3n) is 6.34. The zero-order valence-corrected chi connectivity index (χ0v) is 21.7. The van der Waals surface area contributed by atoms with Crippen molar-refractivity contribution in [3.8, 4) is 17.1 Å². The topological polar surface area (TPSA) is 72.7 Å². The molecule has 184 valence electrons. The molecule has 0 radical (unpaired) electrons. The molecule has 1 unspecified atom stereocenters. The Morgan fingerprint density at radius 3 is 2.54 bits per heavy atom. The van der Waals surface area contributed by atoms with Gasteiger partial charge in [0.2, 0.25) is 5.82 Å². The standard InChI is InChI=1S/C27H32N4O3S/c1-6-33-15-7-14-31-19(4)23(24(28-27(31)35)21-9-8-17(2)18(3)16-21)26-29-25(30-34-26)20-10-12-22(32-5)13-11-20/h8-13,16,24H,6-7,14-15H2,1-5H3,(H,28,35). The second-order valence-corrected chi connectivity index (χ2v) is 8.97. The van der Waals surface area contributed by atoms with Crippen LogP contribution in [0.4, 0.5) is 0 Å². The highest BCUT2D eigenvalue weighted by Gasteiger charge is 2.34. The van der Waals surface area contributed by atoms with E-state index >= 15 is 0 Å². The Bertz CT molecular complexity index is 1220. The van der Waals surface area contributed by atoms with Crippen LogP contribution in [-0.2, 0) is 4.74 Å². The van der Waals surface area contributed by atoms with Gasteiger partial charge in [-0.1, -0.05) is 23.4 Å². The maximum atomic E-state index is 5.83. The molecule has 0 fully saturated rings. The minimum absolute atomic E-state index is 0.200. The van der Waals surface area contributed by atoms with E-state index < -0.39 is 0 Å². The molecule has 0 saturated carbocycles. The number of hydrogen-bond donors (Lipinski definition) is 1. The summed E-state index contributed by atoms with van der Waals surface area (Å²) >= 11 is 5.79. The molecule has 0 spiro atoms. The fourth-order valence-electron chi connectivity index (χ4n) is 4.18. The summed E-state index contributed by atoms with van der Waals surface area (Å²) in [7, 11) is 1.64. The van der Waals surface area contributed by atoms with Crippen molar-refractivity contribution in [2.45, 2.75) is 40.2 Å². The molecule has 2 heterocycles. The first kappa shape index (κ1) is 24.9. The number of hydrogen-bond acceptors (Lipinski definition) is 6. The number of ether oxygens (including phenoxy) is 2. The smallest absolute Gasteiger partial charge is 0.258 e. The van der Waals surface area contributed by atoms with Crippen molar-refractivity contribution in [2.24, 2.45) is 0 Å². The Balaban J connectivity index is 1.74. The van der Waals surface area contributed by atoms with Crippen molar-refractivity contribution in [1.29, 1.82) is 0 Å². The van der Waals surface area contributed by atoms with Crippen LogP contribution < -0.4 is 10.1 Å². The molecule has 1 N–H and O–H groups in total. The van der Waals surface area contributed by atoms with E-state index in [0.29, 0.717) is 30.0 Å². The lowest BCUT2D eigenvalue weighted by atomic mass is 9.92. The zero-order chi connectivity index (χ0) is 24.9. The molecule has 3 aromatic rings. The number of aromatic nitrogens is 2. The van der Waals surface area contributed by atoms with Gasteiger partial charge in [-0.05, 0) is 87.3 Å². The summed E-state index contributed by atoms with van der Waals surface area (Å²) in [6, 6.07) is 13.9. The summed E-state index contributed by atoms with van der Waals surface area (Å²) in [4.78, 5) is 6.88. The summed E-state index contributed by atoms with van der Waals surface area (Å²) in [5, 5.41) is 8.49. The van der Waals surface area contributed by atoms with E-state index in [1.807, 2.05) is 31.2 Å². The Morgan fingerprint density at radius 2 is 1.86 bits per heavy atom. The van der Waals surface area contributed by atoms with E-state index in [0.717, 1.165) is 41.1 Å². The van der Waals surface area contributed by atoms with Crippen molar-refractivity contribution in [2.75, 3.05) is 26.9 Å². The van der Waals surface area contributed by atoms with Gasteiger partial charge in [0.25, 0.3) is 5.89 Å². The lowest BCUT2D eigenvalue weighted by molar-refractivity contribution is 0.141. The van der Waals surface area contributed by atoms with Gasteiger partial charge in [-0.3, -0.25) is 0 Å². The summed E-state index contributed by atoms with van der Waals surface area (Å²) in [5.74, 6) is 1.78. The highest BCUT2D eigenvalue weighted by atomic mass is 32.1. The summed E-state index contributed by atoms with van der Waals surface area (Å²) in [6.45, 7) is 10.4. The normalized spacial score (nSPS) is 16.0. The molecule has 0 aliphatic carbocycles. The molecule has 4 rings (SSSR count). The number of methoxy groups -OCH3 is 1. The van der Waals surface area contributed by atoms with Gasteiger partial charge >= 0.3 is 0 Å². The van der Waals surface area contributed by atoms with Crippen LogP contribution in [0.15, 0.2) is 52.7 Å². The van der Waals surface area contributed by atoms with Gasteiger partial charge in [0.1, 0.15) is 5.75 Å². The van der Waals surface area contributed by atoms with Crippen LogP contribution in [0.1, 0.15) is 48.9 Å². The summed E-state index contributed by atoms with van der Waals surface area (Å²) in [5.41, 5.74) is 6.34. The Hall–Kier alpha value is -3.23. The second-order valence-electron chi connectivity index (χ2n) is 8.58. The van der Waals surface area contributed by atoms with Gasteiger partial charge in [-0.2, -0.15) is 4.98 Å². The monoisotopic (exact) mass is 492 g/mol. The third-order valence-corrected chi connectivity index (χ3v) is 6.68. The van der Waals surface area contributed by atoms with Gasteiger partial charge in [0.05, 0.1) is 18.7 Å². The van der Waals surface area contributed by atoms with E-state index in [9.17, 15) is 0 Å². The summed E-state index contributed by atoms with van der Waals surface area (Å²) in [6.07, 6.45) is 0.857. The van der Waals surface area contributed by atoms with Crippen LogP contribution in [0.25, 0.3) is 17.0 Å². The number of nitrogens with zero attached hydrogens (tertiary/aromatic N) is 3. The first-order valence-electron chi connectivity index (χ1n) is 11.8. The van der Waals surface area contributed by atoms with Crippen LogP contribution in [0.5, 0.6) is 5.75 Å². The van der Waals surface area contributed by atoms with Gasteiger partial charge in [0, 0.05) is 31.0 Å². The van der Waals surface area contributed by atoms with Crippen molar-refractivity contribution < 1.29 is 14.0 Å². The largest absolute Gasteiger partial charge is 0.497 e. The van der Waals surface area contributed by atoms with Gasteiger partial charge in [0.15, 0.2) is 5.11 Å². The predicted molar refractivity (Wildman–Crippen MR) is 141 cm³/mol. The number of thiocarbonyl (C=S) groups is 1. The van der Waals surface area contributed by atoms with Crippen LogP contribution >= 0.6 is 12.2 Å². The van der Waals surface area contributed by atoms with Crippen molar-refractivity contribution in [1.82, 2.24) is 20.4 Å². The SMILES string of the molecule is CCOCCCN1C(=S)NC(c2ccc(C)c(C)c2)C(c2nc(-c3ccc(OC)cc3)no2)=C1C. The highest BCUT2D eigenvalue weighted by molar-refractivity contribution is 7.80. The van der Waals surface area contributed by atoms with Crippen LogP contribution in [-0.4, -0.2) is 47.0 Å². The molecule has 1 aliphatic rings. The second kappa shape index (κ2) is 11.0. The summed E-state index contributed by atoms with van der Waals surface area (Å²) < 4.78 is 16.6. The number of aryl methyl sites for hydroxylation is 2. The number of allylic oxidation sites excluding steroid dienone is 1. The Kier molecular flexibility index (Phi) is 7.83. The fourth-order valence-corrected chi connectivity index (χ4v) is 4.53. The minimum Gasteiger partial charge on any atom is -0.497 e. The maximum absolute atomic E-state index is 5.83. The van der Waals surface area contributed by atoms with Gasteiger partial charge in [-0.15, -0.1) is 0 Å². The van der Waals surface area contributed by atoms with Crippen molar-refractivity contribution in [3.05, 3.63) is 70.7 Å². The molecule has 2 aromatic carbocycles. The lowest BCUT2D eigenvalue weighted by Gasteiger charge is -2.37. The average Bonchev–Trinajstić information content (AvgIpc) is 3.34. The Morgan fingerprint density at radius 1 is 1.09 bits per heavy atom. The fraction of sp³-hybridized carbons (Fsp3) is 0.370. The first-order chi connectivity index (χ1) is 16.9. The molecule has 0 saturated heterocycles. The van der Waals surface area contributed by atoms with E-state index in [2.05, 4.69) is 54.3 Å². The van der Waals surface area contributed by atoms with E-state index in [4.69, 9.17) is 31.2 Å². The number of benzene rings is 2. The van der Waals surface area contributed by atoms with E-state index in [-0.39, 0.29) is 6.04 Å².